The molecule has 1 heterocycles. The van der Waals surface area contributed by atoms with Crippen molar-refractivity contribution >= 4 is 17.6 Å². The van der Waals surface area contributed by atoms with Crippen molar-refractivity contribution in [2.24, 2.45) is 5.73 Å². The summed E-state index contributed by atoms with van der Waals surface area (Å²) in [6.45, 7) is 0.631. The maximum absolute atomic E-state index is 12.1. The molecule has 0 radical (unpaired) electrons. The third-order valence-electron chi connectivity index (χ3n) is 3.21. The van der Waals surface area contributed by atoms with Gasteiger partial charge in [0.25, 0.3) is 0 Å². The Morgan fingerprint density at radius 1 is 1.47 bits per heavy atom. The van der Waals surface area contributed by atoms with Crippen LogP contribution in [-0.2, 0) is 0 Å². The van der Waals surface area contributed by atoms with Crippen LogP contribution in [0, 0.1) is 5.41 Å². The Balaban J connectivity index is 2.01. The number of ether oxygens (including phenoxy) is 1. The van der Waals surface area contributed by atoms with Crippen molar-refractivity contribution in [3.05, 3.63) is 24.3 Å². The molecule has 1 saturated heterocycles. The van der Waals surface area contributed by atoms with Gasteiger partial charge >= 0.3 is 6.03 Å². The molecule has 1 aliphatic rings. The standard InChI is InChI=1S/C13H18N4O2/c1-19-10-6-4-9(5-7-10)16-13(18)17-8-2-3-11(17)12(14)15/h4-7,11H,2-3,8H2,1H3,(H3,14,15)(H,16,18). The number of hydrogen-bond donors (Lipinski definition) is 3. The number of likely N-dealkylation sites (tertiary alicyclic amines) is 1. The molecule has 2 amide bonds. The smallest absolute Gasteiger partial charge is 0.322 e. The molecule has 0 spiro atoms. The molecule has 2 rings (SSSR count). The van der Waals surface area contributed by atoms with Crippen LogP contribution in [0.2, 0.25) is 0 Å². The zero-order chi connectivity index (χ0) is 13.8. The Hall–Kier alpha value is -2.24. The number of benzene rings is 1. The van der Waals surface area contributed by atoms with Crippen molar-refractivity contribution in [1.82, 2.24) is 4.90 Å². The summed E-state index contributed by atoms with van der Waals surface area (Å²) in [5, 5.41) is 10.3. The summed E-state index contributed by atoms with van der Waals surface area (Å²) in [4.78, 5) is 13.7. The Kier molecular flexibility index (Phi) is 3.89. The topological polar surface area (TPSA) is 91.4 Å². The molecule has 1 unspecified atom stereocenters. The molecule has 1 atom stereocenters. The van der Waals surface area contributed by atoms with Gasteiger partial charge in [0.1, 0.15) is 11.6 Å². The lowest BCUT2D eigenvalue weighted by Crippen LogP contribution is -2.45. The first kappa shape index (κ1) is 13.2. The largest absolute Gasteiger partial charge is 0.497 e. The van der Waals surface area contributed by atoms with Gasteiger partial charge < -0.3 is 20.7 Å². The number of carbonyl (C=O) groups is 1. The maximum atomic E-state index is 12.1. The van der Waals surface area contributed by atoms with Gasteiger partial charge in [-0.15, -0.1) is 0 Å². The number of carbonyl (C=O) groups excluding carboxylic acids is 1. The third-order valence-corrected chi connectivity index (χ3v) is 3.21. The van der Waals surface area contributed by atoms with Crippen molar-refractivity contribution in [3.63, 3.8) is 0 Å². The molecule has 0 aromatic heterocycles. The summed E-state index contributed by atoms with van der Waals surface area (Å²) >= 11 is 0. The fraction of sp³-hybridized carbons (Fsp3) is 0.385. The number of methoxy groups -OCH3 is 1. The molecule has 1 aromatic rings. The molecule has 1 aromatic carbocycles. The second kappa shape index (κ2) is 5.60. The van der Waals surface area contributed by atoms with Crippen molar-refractivity contribution in [2.45, 2.75) is 18.9 Å². The van der Waals surface area contributed by atoms with Crippen LogP contribution in [0.4, 0.5) is 10.5 Å². The highest BCUT2D eigenvalue weighted by atomic mass is 16.5. The Bertz CT molecular complexity index is 472. The SMILES string of the molecule is COc1ccc(NC(=O)N2CCCC2C(=N)N)cc1. The molecular formula is C13H18N4O2. The summed E-state index contributed by atoms with van der Waals surface area (Å²) in [5.74, 6) is 0.781. The van der Waals surface area contributed by atoms with E-state index in [0.717, 1.165) is 18.6 Å². The number of urea groups is 1. The molecule has 1 fully saturated rings. The molecule has 6 nitrogen and oxygen atoms in total. The van der Waals surface area contributed by atoms with Crippen LogP contribution in [0.5, 0.6) is 5.75 Å². The van der Waals surface area contributed by atoms with Gasteiger partial charge in [-0.2, -0.15) is 0 Å². The van der Waals surface area contributed by atoms with Gasteiger partial charge in [0.2, 0.25) is 0 Å². The van der Waals surface area contributed by atoms with Gasteiger partial charge in [0.15, 0.2) is 0 Å². The van der Waals surface area contributed by atoms with E-state index in [4.69, 9.17) is 15.9 Å². The quantitative estimate of drug-likeness (QED) is 0.571. The molecule has 1 aliphatic heterocycles. The van der Waals surface area contributed by atoms with Gasteiger partial charge in [-0.25, -0.2) is 4.79 Å². The first-order valence-electron chi connectivity index (χ1n) is 6.17. The molecular weight excluding hydrogens is 244 g/mol. The average Bonchev–Trinajstić information content (AvgIpc) is 2.89. The first-order valence-corrected chi connectivity index (χ1v) is 6.17. The zero-order valence-electron chi connectivity index (χ0n) is 10.8. The van der Waals surface area contributed by atoms with Gasteiger partial charge in [-0.3, -0.25) is 5.41 Å². The highest BCUT2D eigenvalue weighted by Crippen LogP contribution is 2.20. The van der Waals surface area contributed by atoms with E-state index in [1.54, 1.807) is 36.3 Å². The first-order chi connectivity index (χ1) is 9.11. The fourth-order valence-electron chi connectivity index (χ4n) is 2.20. The summed E-state index contributed by atoms with van der Waals surface area (Å²) in [7, 11) is 1.59. The zero-order valence-corrected chi connectivity index (χ0v) is 10.8. The number of nitrogens with zero attached hydrogens (tertiary/aromatic N) is 1. The number of amides is 2. The minimum atomic E-state index is -0.279. The van der Waals surface area contributed by atoms with E-state index < -0.39 is 0 Å². The monoisotopic (exact) mass is 262 g/mol. The van der Waals surface area contributed by atoms with Crippen molar-refractivity contribution in [3.8, 4) is 5.75 Å². The fourth-order valence-corrected chi connectivity index (χ4v) is 2.20. The van der Waals surface area contributed by atoms with Crippen LogP contribution >= 0.6 is 0 Å². The second-order valence-corrected chi connectivity index (χ2v) is 4.47. The van der Waals surface area contributed by atoms with Crippen LogP contribution in [-0.4, -0.2) is 36.5 Å². The number of nitrogens with one attached hydrogen (secondary N) is 2. The van der Waals surface area contributed by atoms with E-state index >= 15 is 0 Å². The molecule has 102 valence electrons. The van der Waals surface area contributed by atoms with Gasteiger partial charge in [0.05, 0.1) is 13.2 Å². The third kappa shape index (κ3) is 2.96. The lowest BCUT2D eigenvalue weighted by Gasteiger charge is -2.23. The predicted molar refractivity (Wildman–Crippen MR) is 73.7 cm³/mol. The normalized spacial score (nSPS) is 18.2. The molecule has 0 bridgehead atoms. The number of amidine groups is 1. The molecule has 0 aliphatic carbocycles. The summed E-state index contributed by atoms with van der Waals surface area (Å²) < 4.78 is 5.05. The summed E-state index contributed by atoms with van der Waals surface area (Å²) in [6, 6.07) is 6.61. The van der Waals surface area contributed by atoms with E-state index in [1.165, 1.54) is 0 Å². The van der Waals surface area contributed by atoms with E-state index in [2.05, 4.69) is 5.32 Å². The highest BCUT2D eigenvalue weighted by molar-refractivity contribution is 5.94. The molecule has 4 N–H and O–H groups in total. The second-order valence-electron chi connectivity index (χ2n) is 4.47. The van der Waals surface area contributed by atoms with E-state index in [9.17, 15) is 4.79 Å². The van der Waals surface area contributed by atoms with Gasteiger partial charge in [0, 0.05) is 12.2 Å². The van der Waals surface area contributed by atoms with Crippen LogP contribution in [0.15, 0.2) is 24.3 Å². The van der Waals surface area contributed by atoms with Crippen molar-refractivity contribution < 1.29 is 9.53 Å². The van der Waals surface area contributed by atoms with Gasteiger partial charge in [-0.05, 0) is 37.1 Å². The Morgan fingerprint density at radius 3 is 2.74 bits per heavy atom. The lowest BCUT2D eigenvalue weighted by atomic mass is 10.2. The summed E-state index contributed by atoms with van der Waals surface area (Å²) in [5.41, 5.74) is 6.20. The van der Waals surface area contributed by atoms with Crippen LogP contribution in [0.1, 0.15) is 12.8 Å². The van der Waals surface area contributed by atoms with Crippen LogP contribution < -0.4 is 15.8 Å². The number of rotatable bonds is 3. The predicted octanol–water partition coefficient (Wildman–Crippen LogP) is 1.63. The Labute approximate surface area is 112 Å². The van der Waals surface area contributed by atoms with Crippen LogP contribution in [0.25, 0.3) is 0 Å². The lowest BCUT2D eigenvalue weighted by molar-refractivity contribution is 0.216. The van der Waals surface area contributed by atoms with Gasteiger partial charge in [-0.1, -0.05) is 0 Å². The minimum Gasteiger partial charge on any atom is -0.497 e. The molecule has 0 saturated carbocycles. The molecule has 19 heavy (non-hydrogen) atoms. The van der Waals surface area contributed by atoms with Crippen molar-refractivity contribution in [2.75, 3.05) is 19.0 Å². The Morgan fingerprint density at radius 2 is 2.16 bits per heavy atom. The average molecular weight is 262 g/mol. The summed E-state index contributed by atoms with van der Waals surface area (Å²) in [6.07, 6.45) is 1.63. The van der Waals surface area contributed by atoms with E-state index in [-0.39, 0.29) is 17.9 Å². The van der Waals surface area contributed by atoms with Crippen LogP contribution in [0.3, 0.4) is 0 Å². The number of nitrogens with two attached hydrogens (primary N) is 1. The molecule has 6 heteroatoms. The number of anilines is 1. The minimum absolute atomic E-state index is 0.0439. The maximum Gasteiger partial charge on any atom is 0.322 e. The van der Waals surface area contributed by atoms with E-state index in [1.807, 2.05) is 0 Å². The highest BCUT2D eigenvalue weighted by Gasteiger charge is 2.30. The van der Waals surface area contributed by atoms with Crippen molar-refractivity contribution in [1.29, 1.82) is 5.41 Å². The number of hydrogen-bond acceptors (Lipinski definition) is 3. The van der Waals surface area contributed by atoms with E-state index in [0.29, 0.717) is 12.2 Å².